The lowest BCUT2D eigenvalue weighted by atomic mass is 9.77. The number of ether oxygens (including phenoxy) is 1. The van der Waals surface area contributed by atoms with Crippen molar-refractivity contribution < 1.29 is 22.7 Å². The predicted octanol–water partition coefficient (Wildman–Crippen LogP) is 2.25. The Labute approximate surface area is 135 Å². The summed E-state index contributed by atoms with van der Waals surface area (Å²) in [5.74, 6) is -1.58. The molecular weight excluding hydrogens is 325 g/mol. The molecule has 1 aromatic heterocycles. The van der Waals surface area contributed by atoms with E-state index in [1.165, 1.54) is 0 Å². The van der Waals surface area contributed by atoms with E-state index in [9.17, 15) is 23.2 Å². The second-order valence-corrected chi connectivity index (χ2v) is 5.61. The number of allylic oxidation sites excluding steroid dienone is 3. The Morgan fingerprint density at radius 3 is 2.79 bits per heavy atom. The van der Waals surface area contributed by atoms with Crippen molar-refractivity contribution in [2.45, 2.75) is 31.4 Å². The normalized spacial score (nSPS) is 21.5. The highest BCUT2D eigenvalue weighted by Gasteiger charge is 2.45. The summed E-state index contributed by atoms with van der Waals surface area (Å²) >= 11 is 0. The molecule has 0 saturated carbocycles. The number of halogens is 3. The zero-order valence-electron chi connectivity index (χ0n) is 12.6. The highest BCUT2D eigenvalue weighted by molar-refractivity contribution is 5.99. The van der Waals surface area contributed by atoms with Crippen LogP contribution in [0.15, 0.2) is 29.0 Å². The van der Waals surface area contributed by atoms with E-state index in [0.29, 0.717) is 17.5 Å². The molecule has 0 bridgehead atoms. The van der Waals surface area contributed by atoms with E-state index < -0.39 is 17.8 Å². The molecule has 6 nitrogen and oxygen atoms in total. The van der Waals surface area contributed by atoms with E-state index in [4.69, 9.17) is 10.5 Å². The summed E-state index contributed by atoms with van der Waals surface area (Å²) in [5.41, 5.74) is 4.30. The topological polar surface area (TPSA) is 93.9 Å². The minimum absolute atomic E-state index is 0.0745. The molecule has 126 valence electrons. The van der Waals surface area contributed by atoms with Gasteiger partial charge in [0.05, 0.1) is 12.1 Å². The third kappa shape index (κ3) is 2.35. The molecule has 1 aromatic rings. The van der Waals surface area contributed by atoms with E-state index in [-0.39, 0.29) is 40.6 Å². The van der Waals surface area contributed by atoms with Gasteiger partial charge in [-0.15, -0.1) is 0 Å². The molecule has 0 fully saturated rings. The second kappa shape index (κ2) is 5.40. The Hall–Kier alpha value is -2.76. The van der Waals surface area contributed by atoms with Gasteiger partial charge < -0.3 is 10.5 Å². The summed E-state index contributed by atoms with van der Waals surface area (Å²) < 4.78 is 46.3. The summed E-state index contributed by atoms with van der Waals surface area (Å²) in [5, 5.41) is 13.0. The molecule has 0 spiro atoms. The third-order valence-corrected chi connectivity index (χ3v) is 4.15. The van der Waals surface area contributed by atoms with Crippen LogP contribution in [0.25, 0.3) is 0 Å². The molecule has 3 rings (SSSR count). The molecule has 1 aliphatic carbocycles. The van der Waals surface area contributed by atoms with Crippen LogP contribution in [0.1, 0.15) is 36.4 Å². The van der Waals surface area contributed by atoms with Crippen molar-refractivity contribution in [2.24, 2.45) is 12.8 Å². The number of rotatable bonds is 1. The number of ketones is 1. The smallest absolute Gasteiger partial charge is 0.433 e. The SMILES string of the molecule is Cn1ncc(C2C(C#N)=C(N)OC3=C2C(=O)CCC3)c1C(F)(F)F. The molecule has 1 aliphatic heterocycles. The number of carbonyl (C=O) groups excluding carboxylic acids is 1. The fourth-order valence-electron chi connectivity index (χ4n) is 3.18. The first-order valence-electron chi connectivity index (χ1n) is 7.18. The van der Waals surface area contributed by atoms with Crippen molar-refractivity contribution in [1.29, 1.82) is 5.26 Å². The van der Waals surface area contributed by atoms with Gasteiger partial charge in [0.1, 0.15) is 23.1 Å². The van der Waals surface area contributed by atoms with Crippen LogP contribution in [0.4, 0.5) is 13.2 Å². The van der Waals surface area contributed by atoms with Crippen LogP contribution in [-0.2, 0) is 22.8 Å². The summed E-state index contributed by atoms with van der Waals surface area (Å²) in [4.78, 5) is 12.3. The van der Waals surface area contributed by atoms with Crippen molar-refractivity contribution in [3.05, 3.63) is 40.2 Å². The molecule has 0 radical (unpaired) electrons. The highest BCUT2D eigenvalue weighted by Crippen LogP contribution is 2.46. The van der Waals surface area contributed by atoms with Crippen molar-refractivity contribution in [1.82, 2.24) is 9.78 Å². The molecule has 2 aliphatic rings. The Morgan fingerprint density at radius 2 is 2.17 bits per heavy atom. The van der Waals surface area contributed by atoms with Crippen LogP contribution in [0.5, 0.6) is 0 Å². The molecule has 1 atom stereocenters. The van der Waals surface area contributed by atoms with Gasteiger partial charge in [-0.2, -0.15) is 23.5 Å². The number of hydrogen-bond donors (Lipinski definition) is 1. The van der Waals surface area contributed by atoms with Crippen LogP contribution in [0.2, 0.25) is 0 Å². The Kier molecular flexibility index (Phi) is 3.63. The van der Waals surface area contributed by atoms with Gasteiger partial charge in [-0.25, -0.2) is 0 Å². The van der Waals surface area contributed by atoms with Crippen molar-refractivity contribution in [3.63, 3.8) is 0 Å². The van der Waals surface area contributed by atoms with Gasteiger partial charge in [0, 0.05) is 31.0 Å². The van der Waals surface area contributed by atoms with Gasteiger partial charge in [-0.05, 0) is 6.42 Å². The van der Waals surface area contributed by atoms with Crippen LogP contribution in [0.3, 0.4) is 0 Å². The van der Waals surface area contributed by atoms with Crippen LogP contribution in [-0.4, -0.2) is 15.6 Å². The maximum atomic E-state index is 13.4. The van der Waals surface area contributed by atoms with E-state index in [0.717, 1.165) is 13.2 Å². The maximum absolute atomic E-state index is 13.4. The first-order valence-corrected chi connectivity index (χ1v) is 7.18. The standard InChI is InChI=1S/C15H13F3N4O2/c1-22-13(15(16,17)18)8(6-21-22)11-7(5-19)14(20)24-10-4-2-3-9(23)12(10)11/h6,11H,2-4,20H2,1H3. The summed E-state index contributed by atoms with van der Waals surface area (Å²) in [7, 11) is 1.16. The van der Waals surface area contributed by atoms with Crippen LogP contribution in [0, 0.1) is 11.3 Å². The predicted molar refractivity (Wildman–Crippen MR) is 74.7 cm³/mol. The number of nitrogens with two attached hydrogens (primary N) is 1. The fourth-order valence-corrected chi connectivity index (χ4v) is 3.18. The number of carbonyl (C=O) groups is 1. The number of alkyl halides is 3. The van der Waals surface area contributed by atoms with E-state index >= 15 is 0 Å². The van der Waals surface area contributed by atoms with Crippen LogP contribution < -0.4 is 5.73 Å². The van der Waals surface area contributed by atoms with Gasteiger partial charge >= 0.3 is 6.18 Å². The highest BCUT2D eigenvalue weighted by atomic mass is 19.4. The number of hydrogen-bond acceptors (Lipinski definition) is 5. The first kappa shape index (κ1) is 16.1. The van der Waals surface area contributed by atoms with Crippen molar-refractivity contribution >= 4 is 5.78 Å². The summed E-state index contributed by atoms with van der Waals surface area (Å²) in [6, 6.07) is 1.78. The number of Topliss-reactive ketones (excluding diaryl/α,β-unsaturated/α-hetero) is 1. The Balaban J connectivity index is 2.27. The largest absolute Gasteiger partial charge is 0.444 e. The van der Waals surface area contributed by atoms with Gasteiger partial charge in [0.2, 0.25) is 5.88 Å². The molecule has 9 heteroatoms. The molecule has 24 heavy (non-hydrogen) atoms. The third-order valence-electron chi connectivity index (χ3n) is 4.15. The lowest BCUT2D eigenvalue weighted by Crippen LogP contribution is -2.28. The second-order valence-electron chi connectivity index (χ2n) is 5.61. The molecule has 1 unspecified atom stereocenters. The average Bonchev–Trinajstić information content (AvgIpc) is 2.87. The molecule has 0 amide bonds. The molecule has 2 N–H and O–H groups in total. The zero-order valence-corrected chi connectivity index (χ0v) is 12.6. The number of nitrogens with zero attached hydrogens (tertiary/aromatic N) is 3. The first-order chi connectivity index (χ1) is 11.3. The minimum Gasteiger partial charge on any atom is -0.444 e. The summed E-state index contributed by atoms with van der Waals surface area (Å²) in [6.45, 7) is 0. The molecular formula is C15H13F3N4O2. The number of aryl methyl sites for hydroxylation is 1. The molecule has 2 heterocycles. The van der Waals surface area contributed by atoms with Gasteiger partial charge in [-0.3, -0.25) is 9.48 Å². The van der Waals surface area contributed by atoms with Crippen molar-refractivity contribution in [3.8, 4) is 6.07 Å². The van der Waals surface area contributed by atoms with Gasteiger partial charge in [0.15, 0.2) is 5.78 Å². The minimum atomic E-state index is -4.69. The van der Waals surface area contributed by atoms with Crippen LogP contribution >= 0.6 is 0 Å². The zero-order chi connectivity index (χ0) is 17.6. The fraction of sp³-hybridized carbons (Fsp3) is 0.400. The average molecular weight is 338 g/mol. The van der Waals surface area contributed by atoms with Crippen molar-refractivity contribution in [2.75, 3.05) is 0 Å². The Morgan fingerprint density at radius 1 is 1.46 bits per heavy atom. The van der Waals surface area contributed by atoms with E-state index in [2.05, 4.69) is 5.10 Å². The quantitative estimate of drug-likeness (QED) is 0.847. The number of aromatic nitrogens is 2. The number of nitriles is 1. The lowest BCUT2D eigenvalue weighted by molar-refractivity contribution is -0.144. The van der Waals surface area contributed by atoms with Gasteiger partial charge in [0.25, 0.3) is 0 Å². The van der Waals surface area contributed by atoms with E-state index in [1.807, 2.05) is 0 Å². The maximum Gasteiger partial charge on any atom is 0.433 e. The summed E-state index contributed by atoms with van der Waals surface area (Å²) in [6.07, 6.45) is -2.56. The lowest BCUT2D eigenvalue weighted by Gasteiger charge is -2.31. The Bertz CT molecular complexity index is 827. The monoisotopic (exact) mass is 338 g/mol. The molecule has 0 aromatic carbocycles. The van der Waals surface area contributed by atoms with Gasteiger partial charge in [-0.1, -0.05) is 0 Å². The molecule has 0 saturated heterocycles. The van der Waals surface area contributed by atoms with E-state index in [1.54, 1.807) is 6.07 Å².